The molecular formula is C13H12BrClN2. The topological polar surface area (TPSA) is 38.0 Å². The lowest BCUT2D eigenvalue weighted by atomic mass is 9.99. The fourth-order valence-corrected chi connectivity index (χ4v) is 2.52. The third-order valence-electron chi connectivity index (χ3n) is 2.60. The molecule has 1 atom stereocenters. The maximum atomic E-state index is 6.19. The molecule has 3 N–H and O–H groups in total. The first-order chi connectivity index (χ1) is 8.24. The van der Waals surface area contributed by atoms with E-state index >= 15 is 0 Å². The van der Waals surface area contributed by atoms with Gasteiger partial charge in [0.25, 0.3) is 0 Å². The second kappa shape index (κ2) is 5.65. The molecule has 0 radical (unpaired) electrons. The van der Waals surface area contributed by atoms with Crippen LogP contribution in [0.25, 0.3) is 0 Å². The molecule has 0 aliphatic heterocycles. The number of halogens is 2. The Balaban J connectivity index is 2.48. The van der Waals surface area contributed by atoms with Gasteiger partial charge in [0, 0.05) is 9.50 Å². The standard InChI is InChI=1S/C13H12BrClN2/c14-11-7-3-1-5-9(11)13(17-16)10-6-2-4-8-12(10)15/h1-8,13,17H,16H2. The lowest BCUT2D eigenvalue weighted by Crippen LogP contribution is -2.29. The van der Waals surface area contributed by atoms with E-state index in [-0.39, 0.29) is 6.04 Å². The van der Waals surface area contributed by atoms with Crippen LogP contribution in [-0.4, -0.2) is 0 Å². The summed E-state index contributed by atoms with van der Waals surface area (Å²) in [5.41, 5.74) is 4.82. The van der Waals surface area contributed by atoms with Crippen molar-refractivity contribution in [2.45, 2.75) is 6.04 Å². The average Bonchev–Trinajstić information content (AvgIpc) is 2.34. The van der Waals surface area contributed by atoms with Crippen molar-refractivity contribution >= 4 is 27.5 Å². The molecule has 0 amide bonds. The van der Waals surface area contributed by atoms with Crippen molar-refractivity contribution < 1.29 is 0 Å². The Morgan fingerprint density at radius 3 is 2.18 bits per heavy atom. The van der Waals surface area contributed by atoms with Gasteiger partial charge in [-0.2, -0.15) is 0 Å². The molecular weight excluding hydrogens is 300 g/mol. The van der Waals surface area contributed by atoms with E-state index in [2.05, 4.69) is 21.4 Å². The normalized spacial score (nSPS) is 12.4. The van der Waals surface area contributed by atoms with Gasteiger partial charge in [0.2, 0.25) is 0 Å². The van der Waals surface area contributed by atoms with Crippen molar-refractivity contribution in [2.24, 2.45) is 5.84 Å². The van der Waals surface area contributed by atoms with Gasteiger partial charge in [-0.15, -0.1) is 0 Å². The molecule has 88 valence electrons. The van der Waals surface area contributed by atoms with Gasteiger partial charge in [0.1, 0.15) is 0 Å². The fraction of sp³-hybridized carbons (Fsp3) is 0.0769. The zero-order valence-corrected chi connectivity index (χ0v) is 11.4. The van der Waals surface area contributed by atoms with Crippen LogP contribution < -0.4 is 11.3 Å². The highest BCUT2D eigenvalue weighted by Crippen LogP contribution is 2.31. The SMILES string of the molecule is NNC(c1ccccc1Cl)c1ccccc1Br. The summed E-state index contributed by atoms with van der Waals surface area (Å²) in [6, 6.07) is 15.5. The highest BCUT2D eigenvalue weighted by Gasteiger charge is 2.16. The third kappa shape index (κ3) is 2.69. The van der Waals surface area contributed by atoms with Gasteiger partial charge in [-0.3, -0.25) is 5.84 Å². The van der Waals surface area contributed by atoms with Crippen LogP contribution in [0.15, 0.2) is 53.0 Å². The van der Waals surface area contributed by atoms with Gasteiger partial charge >= 0.3 is 0 Å². The summed E-state index contributed by atoms with van der Waals surface area (Å²) < 4.78 is 1.00. The minimum atomic E-state index is -0.126. The molecule has 0 saturated carbocycles. The Hall–Kier alpha value is -0.870. The van der Waals surface area contributed by atoms with Crippen LogP contribution in [0.1, 0.15) is 17.2 Å². The van der Waals surface area contributed by atoms with Crippen molar-refractivity contribution in [2.75, 3.05) is 0 Å². The van der Waals surface area contributed by atoms with E-state index in [1.165, 1.54) is 0 Å². The minimum Gasteiger partial charge on any atom is -0.271 e. The Morgan fingerprint density at radius 1 is 1.00 bits per heavy atom. The highest BCUT2D eigenvalue weighted by atomic mass is 79.9. The van der Waals surface area contributed by atoms with E-state index < -0.39 is 0 Å². The number of hydrazine groups is 1. The fourth-order valence-electron chi connectivity index (χ4n) is 1.77. The zero-order valence-electron chi connectivity index (χ0n) is 9.03. The van der Waals surface area contributed by atoms with Crippen LogP contribution in [0, 0.1) is 0 Å². The maximum Gasteiger partial charge on any atom is 0.0735 e. The molecule has 0 fully saturated rings. The molecule has 4 heteroatoms. The molecule has 2 aromatic carbocycles. The van der Waals surface area contributed by atoms with Crippen molar-refractivity contribution in [3.05, 3.63) is 69.2 Å². The summed E-state index contributed by atoms with van der Waals surface area (Å²) in [7, 11) is 0. The molecule has 0 bridgehead atoms. The zero-order chi connectivity index (χ0) is 12.3. The third-order valence-corrected chi connectivity index (χ3v) is 3.67. The van der Waals surface area contributed by atoms with Gasteiger partial charge in [-0.05, 0) is 23.3 Å². The Bertz CT molecular complexity index is 471. The van der Waals surface area contributed by atoms with Gasteiger partial charge in [0.15, 0.2) is 0 Å². The van der Waals surface area contributed by atoms with Crippen LogP contribution in [0.3, 0.4) is 0 Å². The van der Waals surface area contributed by atoms with Gasteiger partial charge in [-0.25, -0.2) is 5.43 Å². The first kappa shape index (κ1) is 12.6. The quantitative estimate of drug-likeness (QED) is 0.670. The first-order valence-electron chi connectivity index (χ1n) is 5.19. The van der Waals surface area contributed by atoms with Crippen LogP contribution >= 0.6 is 27.5 Å². The first-order valence-corrected chi connectivity index (χ1v) is 6.36. The monoisotopic (exact) mass is 310 g/mol. The average molecular weight is 312 g/mol. The second-order valence-corrected chi connectivity index (χ2v) is 4.90. The molecule has 0 aromatic heterocycles. The van der Waals surface area contributed by atoms with E-state index in [0.29, 0.717) is 5.02 Å². The lowest BCUT2D eigenvalue weighted by molar-refractivity contribution is 0.635. The Kier molecular flexibility index (Phi) is 4.18. The van der Waals surface area contributed by atoms with E-state index in [0.717, 1.165) is 15.6 Å². The largest absolute Gasteiger partial charge is 0.271 e. The summed E-state index contributed by atoms with van der Waals surface area (Å²) in [4.78, 5) is 0. The van der Waals surface area contributed by atoms with Crippen molar-refractivity contribution in [3.8, 4) is 0 Å². The van der Waals surface area contributed by atoms with Crippen molar-refractivity contribution in [1.29, 1.82) is 0 Å². The minimum absolute atomic E-state index is 0.126. The summed E-state index contributed by atoms with van der Waals surface area (Å²) >= 11 is 9.71. The predicted molar refractivity (Wildman–Crippen MR) is 74.8 cm³/mol. The molecule has 1 unspecified atom stereocenters. The van der Waals surface area contributed by atoms with E-state index in [4.69, 9.17) is 17.4 Å². The summed E-state index contributed by atoms with van der Waals surface area (Å²) in [5, 5.41) is 0.700. The van der Waals surface area contributed by atoms with Gasteiger partial charge < -0.3 is 0 Å². The smallest absolute Gasteiger partial charge is 0.0735 e. The number of rotatable bonds is 3. The number of hydrogen-bond acceptors (Lipinski definition) is 2. The predicted octanol–water partition coefficient (Wildman–Crippen LogP) is 3.66. The van der Waals surface area contributed by atoms with E-state index in [1.807, 2.05) is 48.5 Å². The van der Waals surface area contributed by atoms with Gasteiger partial charge in [-0.1, -0.05) is 63.9 Å². The molecule has 0 aliphatic carbocycles. The van der Waals surface area contributed by atoms with Crippen molar-refractivity contribution in [1.82, 2.24) is 5.43 Å². The summed E-state index contributed by atoms with van der Waals surface area (Å²) in [6.45, 7) is 0. The number of benzene rings is 2. The number of nitrogens with one attached hydrogen (secondary N) is 1. The van der Waals surface area contributed by atoms with Crippen LogP contribution in [-0.2, 0) is 0 Å². The molecule has 0 heterocycles. The Labute approximate surface area is 114 Å². The molecule has 2 rings (SSSR count). The molecule has 2 aromatic rings. The van der Waals surface area contributed by atoms with E-state index in [9.17, 15) is 0 Å². The Morgan fingerprint density at radius 2 is 1.59 bits per heavy atom. The molecule has 0 spiro atoms. The lowest BCUT2D eigenvalue weighted by Gasteiger charge is -2.19. The molecule has 0 saturated heterocycles. The highest BCUT2D eigenvalue weighted by molar-refractivity contribution is 9.10. The summed E-state index contributed by atoms with van der Waals surface area (Å²) in [6.07, 6.45) is 0. The van der Waals surface area contributed by atoms with Crippen LogP contribution in [0.5, 0.6) is 0 Å². The van der Waals surface area contributed by atoms with E-state index in [1.54, 1.807) is 0 Å². The molecule has 2 nitrogen and oxygen atoms in total. The number of nitrogens with two attached hydrogens (primary N) is 1. The second-order valence-electron chi connectivity index (χ2n) is 3.64. The van der Waals surface area contributed by atoms with Crippen LogP contribution in [0.2, 0.25) is 5.02 Å². The maximum absolute atomic E-state index is 6.19. The molecule has 0 aliphatic rings. The van der Waals surface area contributed by atoms with Gasteiger partial charge in [0.05, 0.1) is 6.04 Å². The number of hydrogen-bond donors (Lipinski definition) is 2. The summed E-state index contributed by atoms with van der Waals surface area (Å²) in [5.74, 6) is 5.65. The van der Waals surface area contributed by atoms with Crippen LogP contribution in [0.4, 0.5) is 0 Å². The molecule has 17 heavy (non-hydrogen) atoms. The van der Waals surface area contributed by atoms with Crippen molar-refractivity contribution in [3.63, 3.8) is 0 Å².